The number of allylic oxidation sites excluding steroid dienone is 1. The van der Waals surface area contributed by atoms with Crippen molar-refractivity contribution in [3.05, 3.63) is 42.1 Å². The molecule has 0 bridgehead atoms. The van der Waals surface area contributed by atoms with Crippen LogP contribution in [0.4, 0.5) is 5.69 Å². The number of aromatic nitrogens is 1. The third kappa shape index (κ3) is 1.23. The summed E-state index contributed by atoms with van der Waals surface area (Å²) in [5.41, 5.74) is 11.4. The molecule has 16 heavy (non-hydrogen) atoms. The molecule has 3 rings (SSSR count). The lowest BCUT2D eigenvalue weighted by Gasteiger charge is -2.20. The number of anilines is 1. The molecule has 80 valence electrons. The van der Waals surface area contributed by atoms with Crippen LogP contribution in [-0.2, 0) is 6.42 Å². The van der Waals surface area contributed by atoms with Gasteiger partial charge in [-0.3, -0.25) is 4.98 Å². The third-order valence-electron chi connectivity index (χ3n) is 3.25. The summed E-state index contributed by atoms with van der Waals surface area (Å²) in [4.78, 5) is 4.69. The molecule has 0 atom stereocenters. The molecule has 2 aromatic rings. The van der Waals surface area contributed by atoms with Gasteiger partial charge in [-0.15, -0.1) is 0 Å². The molecule has 1 aromatic heterocycles. The first-order valence-electron chi connectivity index (χ1n) is 5.62. The largest absolute Gasteiger partial charge is 0.398 e. The predicted molar refractivity (Wildman–Crippen MR) is 68.1 cm³/mol. The van der Waals surface area contributed by atoms with Crippen molar-refractivity contribution in [1.29, 1.82) is 0 Å². The van der Waals surface area contributed by atoms with Crippen LogP contribution in [0.25, 0.3) is 16.5 Å². The van der Waals surface area contributed by atoms with Gasteiger partial charge in [-0.05, 0) is 30.9 Å². The molecule has 1 aliphatic carbocycles. The quantitative estimate of drug-likeness (QED) is 0.725. The van der Waals surface area contributed by atoms with E-state index in [1.165, 1.54) is 0 Å². The Hall–Kier alpha value is -1.83. The lowest BCUT2D eigenvalue weighted by Crippen LogP contribution is -2.08. The molecule has 0 amide bonds. The first kappa shape index (κ1) is 9.40. The van der Waals surface area contributed by atoms with Crippen LogP contribution in [0.3, 0.4) is 0 Å². The highest BCUT2D eigenvalue weighted by atomic mass is 14.7. The van der Waals surface area contributed by atoms with Gasteiger partial charge in [0.05, 0.1) is 16.9 Å². The number of nitrogen functional groups attached to an aromatic ring is 1. The van der Waals surface area contributed by atoms with Crippen molar-refractivity contribution < 1.29 is 0 Å². The molecule has 1 heterocycles. The van der Waals surface area contributed by atoms with Gasteiger partial charge in [0.2, 0.25) is 0 Å². The van der Waals surface area contributed by atoms with Gasteiger partial charge in [0.15, 0.2) is 0 Å². The van der Waals surface area contributed by atoms with Gasteiger partial charge in [0, 0.05) is 10.9 Å². The molecule has 0 fully saturated rings. The van der Waals surface area contributed by atoms with Crippen LogP contribution >= 0.6 is 0 Å². The van der Waals surface area contributed by atoms with Crippen molar-refractivity contribution in [2.45, 2.75) is 19.3 Å². The highest BCUT2D eigenvalue weighted by Crippen LogP contribution is 2.36. The summed E-state index contributed by atoms with van der Waals surface area (Å²) in [5, 5.41) is 1.05. The Bertz CT molecular complexity index is 585. The van der Waals surface area contributed by atoms with Crippen LogP contribution < -0.4 is 5.73 Å². The van der Waals surface area contributed by atoms with Gasteiger partial charge >= 0.3 is 0 Å². The average Bonchev–Trinajstić information content (AvgIpc) is 2.29. The Kier molecular flexibility index (Phi) is 1.96. The third-order valence-corrected chi connectivity index (χ3v) is 3.25. The van der Waals surface area contributed by atoms with E-state index in [1.807, 2.05) is 24.3 Å². The van der Waals surface area contributed by atoms with Crippen molar-refractivity contribution in [1.82, 2.24) is 4.98 Å². The second-order valence-electron chi connectivity index (χ2n) is 4.32. The van der Waals surface area contributed by atoms with Crippen molar-refractivity contribution in [3.8, 4) is 0 Å². The molecule has 1 aromatic carbocycles. The van der Waals surface area contributed by atoms with Crippen molar-refractivity contribution in [2.75, 3.05) is 5.73 Å². The van der Waals surface area contributed by atoms with E-state index in [4.69, 9.17) is 5.73 Å². The maximum atomic E-state index is 6.23. The lowest BCUT2D eigenvalue weighted by atomic mass is 9.89. The SMILES string of the molecule is C=C1CCCc2nc3ccccc3c(N)c21. The average molecular weight is 210 g/mol. The van der Waals surface area contributed by atoms with E-state index in [1.54, 1.807) is 0 Å². The van der Waals surface area contributed by atoms with Gasteiger partial charge in [0.1, 0.15) is 0 Å². The van der Waals surface area contributed by atoms with Crippen LogP contribution in [-0.4, -0.2) is 4.98 Å². The van der Waals surface area contributed by atoms with E-state index in [0.717, 1.165) is 52.7 Å². The number of rotatable bonds is 0. The molecular formula is C14H14N2. The molecule has 0 saturated carbocycles. The molecule has 1 aliphatic rings. The smallest absolute Gasteiger partial charge is 0.0726 e. The highest BCUT2D eigenvalue weighted by molar-refractivity contribution is 5.97. The zero-order chi connectivity index (χ0) is 11.1. The van der Waals surface area contributed by atoms with Crippen molar-refractivity contribution in [3.63, 3.8) is 0 Å². The Morgan fingerprint density at radius 3 is 2.88 bits per heavy atom. The molecule has 0 spiro atoms. The number of aryl methyl sites for hydroxylation is 1. The topological polar surface area (TPSA) is 38.9 Å². The van der Waals surface area contributed by atoms with Crippen LogP contribution in [0.5, 0.6) is 0 Å². The molecule has 2 heteroatoms. The fraction of sp³-hybridized carbons (Fsp3) is 0.214. The summed E-state index contributed by atoms with van der Waals surface area (Å²) < 4.78 is 0. The summed E-state index contributed by atoms with van der Waals surface area (Å²) in [7, 11) is 0. The van der Waals surface area contributed by atoms with Crippen molar-refractivity contribution in [2.24, 2.45) is 0 Å². The molecule has 0 aliphatic heterocycles. The molecule has 0 saturated heterocycles. The van der Waals surface area contributed by atoms with Crippen LogP contribution in [0.15, 0.2) is 30.8 Å². The van der Waals surface area contributed by atoms with Gasteiger partial charge in [-0.1, -0.05) is 24.8 Å². The lowest BCUT2D eigenvalue weighted by molar-refractivity contribution is 0.801. The monoisotopic (exact) mass is 210 g/mol. The van der Waals surface area contributed by atoms with Gasteiger partial charge in [-0.25, -0.2) is 0 Å². The Labute approximate surface area is 94.8 Å². The van der Waals surface area contributed by atoms with E-state index >= 15 is 0 Å². The van der Waals surface area contributed by atoms with Crippen molar-refractivity contribution >= 4 is 22.2 Å². The predicted octanol–water partition coefficient (Wildman–Crippen LogP) is 3.17. The summed E-state index contributed by atoms with van der Waals surface area (Å²) in [6.45, 7) is 4.10. The second kappa shape index (κ2) is 3.34. The van der Waals surface area contributed by atoms with Crippen LogP contribution in [0.2, 0.25) is 0 Å². The molecular weight excluding hydrogens is 196 g/mol. The minimum absolute atomic E-state index is 0.852. The minimum Gasteiger partial charge on any atom is -0.398 e. The zero-order valence-electron chi connectivity index (χ0n) is 9.16. The number of fused-ring (bicyclic) bond motifs is 2. The second-order valence-corrected chi connectivity index (χ2v) is 4.32. The number of hydrogen-bond donors (Lipinski definition) is 1. The highest BCUT2D eigenvalue weighted by Gasteiger charge is 2.18. The van der Waals surface area contributed by atoms with E-state index in [2.05, 4.69) is 11.6 Å². The molecule has 0 unspecified atom stereocenters. The van der Waals surface area contributed by atoms with Crippen LogP contribution in [0, 0.1) is 0 Å². The maximum Gasteiger partial charge on any atom is 0.0726 e. The number of benzene rings is 1. The Balaban J connectivity index is 2.41. The van der Waals surface area contributed by atoms with E-state index in [0.29, 0.717) is 0 Å². The van der Waals surface area contributed by atoms with E-state index in [9.17, 15) is 0 Å². The van der Waals surface area contributed by atoms with E-state index < -0.39 is 0 Å². The fourth-order valence-corrected chi connectivity index (χ4v) is 2.46. The Morgan fingerprint density at radius 2 is 2.00 bits per heavy atom. The standard InChI is InChI=1S/C14H14N2/c1-9-5-4-8-12-13(9)14(15)10-6-2-3-7-11(10)16-12/h2-3,6-7H,1,4-5,8H2,(H2,15,16). The van der Waals surface area contributed by atoms with Crippen LogP contribution in [0.1, 0.15) is 24.1 Å². The first-order chi connectivity index (χ1) is 7.77. The number of nitrogens with zero attached hydrogens (tertiary/aromatic N) is 1. The summed E-state index contributed by atoms with van der Waals surface area (Å²) in [6.07, 6.45) is 3.19. The van der Waals surface area contributed by atoms with Gasteiger partial charge < -0.3 is 5.73 Å². The number of nitrogens with two attached hydrogens (primary N) is 1. The normalized spacial score (nSPS) is 15.1. The fourth-order valence-electron chi connectivity index (χ4n) is 2.46. The number of pyridine rings is 1. The maximum absolute atomic E-state index is 6.23. The molecule has 2 nitrogen and oxygen atoms in total. The van der Waals surface area contributed by atoms with Gasteiger partial charge in [-0.2, -0.15) is 0 Å². The summed E-state index contributed by atoms with van der Waals surface area (Å²) in [6, 6.07) is 8.04. The zero-order valence-corrected chi connectivity index (χ0v) is 9.16. The number of hydrogen-bond acceptors (Lipinski definition) is 2. The number of para-hydroxylation sites is 1. The summed E-state index contributed by atoms with van der Waals surface area (Å²) >= 11 is 0. The van der Waals surface area contributed by atoms with Gasteiger partial charge in [0.25, 0.3) is 0 Å². The summed E-state index contributed by atoms with van der Waals surface area (Å²) in [5.74, 6) is 0. The first-order valence-corrected chi connectivity index (χ1v) is 5.62. The minimum atomic E-state index is 0.852. The molecule has 0 radical (unpaired) electrons. The molecule has 2 N–H and O–H groups in total. The van der Waals surface area contributed by atoms with E-state index in [-0.39, 0.29) is 0 Å². The Morgan fingerprint density at radius 1 is 1.19 bits per heavy atom.